The fraction of sp³-hybridized carbons (Fsp3) is 0.692. The second-order valence-electron chi connectivity index (χ2n) is 5.34. The standard InChI is InChI=1S/C13H22N2O2S3/c1-10(2)14-8-12-3-4-13(19-12)20(16,17)15-7-11-5-6-18-9-11/h3-4,10-11,14-15H,5-9H2,1-2H3. The summed E-state index contributed by atoms with van der Waals surface area (Å²) in [5.74, 6) is 2.70. The molecule has 114 valence electrons. The van der Waals surface area contributed by atoms with Gasteiger partial charge in [-0.2, -0.15) is 11.8 Å². The maximum Gasteiger partial charge on any atom is 0.250 e. The van der Waals surface area contributed by atoms with Crippen molar-refractivity contribution in [2.45, 2.75) is 37.1 Å². The van der Waals surface area contributed by atoms with E-state index in [4.69, 9.17) is 0 Å². The van der Waals surface area contributed by atoms with Crippen molar-refractivity contribution in [3.63, 3.8) is 0 Å². The van der Waals surface area contributed by atoms with Crippen LogP contribution in [0.1, 0.15) is 25.1 Å². The molecule has 1 aromatic heterocycles. The number of hydrogen-bond donors (Lipinski definition) is 2. The Hall–Kier alpha value is -0.0800. The highest BCUT2D eigenvalue weighted by Crippen LogP contribution is 2.24. The summed E-state index contributed by atoms with van der Waals surface area (Å²) in [6.07, 6.45) is 1.11. The van der Waals surface area contributed by atoms with Crippen molar-refractivity contribution in [1.29, 1.82) is 0 Å². The van der Waals surface area contributed by atoms with Gasteiger partial charge in [0.2, 0.25) is 10.0 Å². The molecule has 7 heteroatoms. The molecule has 1 saturated heterocycles. The highest BCUT2D eigenvalue weighted by molar-refractivity contribution is 7.99. The lowest BCUT2D eigenvalue weighted by atomic mass is 10.1. The van der Waals surface area contributed by atoms with Crippen molar-refractivity contribution < 1.29 is 8.42 Å². The number of sulfonamides is 1. The maximum atomic E-state index is 12.2. The molecule has 1 aliphatic heterocycles. The van der Waals surface area contributed by atoms with Crippen molar-refractivity contribution >= 4 is 33.1 Å². The van der Waals surface area contributed by atoms with Gasteiger partial charge >= 0.3 is 0 Å². The maximum absolute atomic E-state index is 12.2. The third kappa shape index (κ3) is 4.73. The molecule has 0 radical (unpaired) electrons. The zero-order valence-corrected chi connectivity index (χ0v) is 14.3. The number of nitrogens with one attached hydrogen (secondary N) is 2. The highest BCUT2D eigenvalue weighted by Gasteiger charge is 2.21. The predicted octanol–water partition coefficient (Wildman–Crippen LogP) is 2.28. The van der Waals surface area contributed by atoms with E-state index in [0.29, 0.717) is 22.7 Å². The second-order valence-corrected chi connectivity index (χ2v) is 9.65. The van der Waals surface area contributed by atoms with E-state index in [1.165, 1.54) is 11.3 Å². The Bertz CT molecular complexity index is 519. The molecule has 1 aromatic rings. The molecule has 0 aliphatic carbocycles. The Kier molecular flexibility index (Phi) is 5.92. The van der Waals surface area contributed by atoms with E-state index < -0.39 is 10.0 Å². The zero-order chi connectivity index (χ0) is 14.6. The van der Waals surface area contributed by atoms with Crippen molar-refractivity contribution in [2.75, 3.05) is 18.1 Å². The van der Waals surface area contributed by atoms with Crippen molar-refractivity contribution in [3.8, 4) is 0 Å². The molecule has 20 heavy (non-hydrogen) atoms. The first-order chi connectivity index (χ1) is 9.47. The van der Waals surface area contributed by atoms with Crippen LogP contribution in [0.3, 0.4) is 0 Å². The van der Waals surface area contributed by atoms with Crippen LogP contribution in [-0.2, 0) is 16.6 Å². The van der Waals surface area contributed by atoms with Gasteiger partial charge in [0.05, 0.1) is 0 Å². The third-order valence-electron chi connectivity index (χ3n) is 3.17. The van der Waals surface area contributed by atoms with Crippen LogP contribution in [0.15, 0.2) is 16.3 Å². The molecule has 0 aromatic carbocycles. The molecular weight excluding hydrogens is 312 g/mol. The summed E-state index contributed by atoms with van der Waals surface area (Å²) in [7, 11) is -3.33. The molecule has 0 amide bonds. The van der Waals surface area contributed by atoms with Crippen LogP contribution in [0, 0.1) is 5.92 Å². The molecule has 0 saturated carbocycles. The SMILES string of the molecule is CC(C)NCc1ccc(S(=O)(=O)NCC2CCSC2)s1. The van der Waals surface area contributed by atoms with E-state index in [9.17, 15) is 8.42 Å². The van der Waals surface area contributed by atoms with E-state index in [-0.39, 0.29) is 0 Å². The molecule has 0 bridgehead atoms. The largest absolute Gasteiger partial charge is 0.310 e. The normalized spacial score (nSPS) is 19.9. The minimum absolute atomic E-state index is 0.398. The van der Waals surface area contributed by atoms with Gasteiger partial charge in [0, 0.05) is 24.0 Å². The molecule has 2 heterocycles. The van der Waals surface area contributed by atoms with E-state index in [1.54, 1.807) is 6.07 Å². The zero-order valence-electron chi connectivity index (χ0n) is 11.9. The van der Waals surface area contributed by atoms with Gasteiger partial charge in [0.1, 0.15) is 4.21 Å². The van der Waals surface area contributed by atoms with Crippen LogP contribution >= 0.6 is 23.1 Å². The fourth-order valence-corrected chi connectivity index (χ4v) is 5.70. The Balaban J connectivity index is 1.91. The topological polar surface area (TPSA) is 58.2 Å². The van der Waals surface area contributed by atoms with Crippen LogP contribution in [-0.4, -0.2) is 32.5 Å². The number of rotatable bonds is 7. The molecular formula is C13H22N2O2S3. The number of thiophene rings is 1. The average Bonchev–Trinajstić information content (AvgIpc) is 3.05. The lowest BCUT2D eigenvalue weighted by Gasteiger charge is -2.09. The Morgan fingerprint density at radius 1 is 1.40 bits per heavy atom. The van der Waals surface area contributed by atoms with E-state index >= 15 is 0 Å². The first kappa shape index (κ1) is 16.3. The third-order valence-corrected chi connectivity index (χ3v) is 7.40. The molecule has 1 fully saturated rings. The quantitative estimate of drug-likeness (QED) is 0.803. The van der Waals surface area contributed by atoms with Crippen LogP contribution in [0.2, 0.25) is 0 Å². The van der Waals surface area contributed by atoms with E-state index in [0.717, 1.165) is 29.3 Å². The summed E-state index contributed by atoms with van der Waals surface area (Å²) in [6.45, 7) is 5.43. The summed E-state index contributed by atoms with van der Waals surface area (Å²) >= 11 is 3.25. The van der Waals surface area contributed by atoms with Crippen molar-refractivity contribution in [1.82, 2.24) is 10.0 Å². The van der Waals surface area contributed by atoms with Gasteiger partial charge in [0.15, 0.2) is 0 Å². The molecule has 2 N–H and O–H groups in total. The lowest BCUT2D eigenvalue weighted by Crippen LogP contribution is -2.28. The van der Waals surface area contributed by atoms with Crippen LogP contribution < -0.4 is 10.0 Å². The number of hydrogen-bond acceptors (Lipinski definition) is 5. The van der Waals surface area contributed by atoms with Gasteiger partial charge in [0.25, 0.3) is 0 Å². The Morgan fingerprint density at radius 3 is 2.85 bits per heavy atom. The lowest BCUT2D eigenvalue weighted by molar-refractivity contribution is 0.547. The van der Waals surface area contributed by atoms with Gasteiger partial charge in [-0.1, -0.05) is 13.8 Å². The monoisotopic (exact) mass is 334 g/mol. The van der Waals surface area contributed by atoms with Gasteiger partial charge in [-0.15, -0.1) is 11.3 Å². The fourth-order valence-electron chi connectivity index (χ4n) is 1.95. The first-order valence-corrected chi connectivity index (χ1v) is 10.3. The van der Waals surface area contributed by atoms with Crippen molar-refractivity contribution in [2.24, 2.45) is 5.92 Å². The van der Waals surface area contributed by atoms with E-state index in [2.05, 4.69) is 23.9 Å². The number of thioether (sulfide) groups is 1. The predicted molar refractivity (Wildman–Crippen MR) is 86.9 cm³/mol. The minimum Gasteiger partial charge on any atom is -0.310 e. The molecule has 1 unspecified atom stereocenters. The van der Waals surface area contributed by atoms with Gasteiger partial charge in [-0.3, -0.25) is 0 Å². The molecule has 1 atom stereocenters. The molecule has 2 rings (SSSR count). The summed E-state index contributed by atoms with van der Waals surface area (Å²) in [5, 5.41) is 3.30. The van der Waals surface area contributed by atoms with Gasteiger partial charge in [-0.05, 0) is 36.0 Å². The summed E-state index contributed by atoms with van der Waals surface area (Å²) in [6, 6.07) is 3.99. The smallest absolute Gasteiger partial charge is 0.250 e. The van der Waals surface area contributed by atoms with Crippen LogP contribution in [0.25, 0.3) is 0 Å². The van der Waals surface area contributed by atoms with Crippen LogP contribution in [0.4, 0.5) is 0 Å². The minimum atomic E-state index is -3.33. The van der Waals surface area contributed by atoms with Crippen LogP contribution in [0.5, 0.6) is 0 Å². The highest BCUT2D eigenvalue weighted by atomic mass is 32.2. The van der Waals surface area contributed by atoms with Crippen molar-refractivity contribution in [3.05, 3.63) is 17.0 Å². The van der Waals surface area contributed by atoms with Gasteiger partial charge < -0.3 is 5.32 Å². The first-order valence-electron chi connectivity index (χ1n) is 6.87. The Labute approximate surface area is 129 Å². The average molecular weight is 335 g/mol. The van der Waals surface area contributed by atoms with E-state index in [1.807, 2.05) is 17.8 Å². The summed E-state index contributed by atoms with van der Waals surface area (Å²) in [4.78, 5) is 1.05. The summed E-state index contributed by atoms with van der Waals surface area (Å²) in [5.41, 5.74) is 0. The second kappa shape index (κ2) is 7.26. The molecule has 0 spiro atoms. The summed E-state index contributed by atoms with van der Waals surface area (Å²) < 4.78 is 27.6. The molecule has 4 nitrogen and oxygen atoms in total. The Morgan fingerprint density at radius 2 is 2.20 bits per heavy atom. The van der Waals surface area contributed by atoms with Gasteiger partial charge in [-0.25, -0.2) is 13.1 Å². The molecule has 1 aliphatic rings.